The van der Waals surface area contributed by atoms with E-state index in [4.69, 9.17) is 10.6 Å². The van der Waals surface area contributed by atoms with E-state index in [-0.39, 0.29) is 11.5 Å². The van der Waals surface area contributed by atoms with Gasteiger partial charge in [-0.3, -0.25) is 20.2 Å². The molecule has 0 fully saturated rings. The highest BCUT2D eigenvalue weighted by molar-refractivity contribution is 9.10. The highest BCUT2D eigenvalue weighted by atomic mass is 79.9. The smallest absolute Gasteiger partial charge is 0.318 e. The zero-order chi connectivity index (χ0) is 17.0. The van der Waals surface area contributed by atoms with Crippen molar-refractivity contribution in [3.63, 3.8) is 0 Å². The number of nitrogens with two attached hydrogens (primary N) is 1. The van der Waals surface area contributed by atoms with Crippen LogP contribution in [0, 0.1) is 20.2 Å². The third-order valence-corrected chi connectivity index (χ3v) is 3.25. The summed E-state index contributed by atoms with van der Waals surface area (Å²) in [4.78, 5) is 20.4. The molecule has 9 nitrogen and oxygen atoms in total. The predicted octanol–water partition coefficient (Wildman–Crippen LogP) is 3.35. The number of ether oxygens (including phenoxy) is 1. The largest absolute Gasteiger partial charge is 0.449 e. The van der Waals surface area contributed by atoms with Gasteiger partial charge in [-0.25, -0.2) is 0 Å². The number of hydrogen-bond donors (Lipinski definition) is 1. The number of benzene rings is 2. The van der Waals surface area contributed by atoms with Crippen LogP contribution in [0.2, 0.25) is 0 Å². The van der Waals surface area contributed by atoms with Crippen LogP contribution in [0.1, 0.15) is 5.56 Å². The summed E-state index contributed by atoms with van der Waals surface area (Å²) in [5, 5.41) is 25.2. The molecule has 0 aromatic heterocycles. The van der Waals surface area contributed by atoms with Gasteiger partial charge >= 0.3 is 5.69 Å². The van der Waals surface area contributed by atoms with Crippen molar-refractivity contribution in [2.45, 2.75) is 0 Å². The maximum Gasteiger partial charge on any atom is 0.318 e. The van der Waals surface area contributed by atoms with E-state index in [1.165, 1.54) is 12.3 Å². The van der Waals surface area contributed by atoms with Crippen LogP contribution in [-0.4, -0.2) is 16.1 Å². The van der Waals surface area contributed by atoms with E-state index < -0.39 is 21.2 Å². The molecule has 2 N–H and O–H groups in total. The Bertz CT molecular complexity index is 809. The molecular formula is C13H9BrN4O5. The number of hydrogen-bond acceptors (Lipinski definition) is 7. The second-order valence-electron chi connectivity index (χ2n) is 4.23. The molecule has 2 aromatic carbocycles. The van der Waals surface area contributed by atoms with Crippen LogP contribution in [0.5, 0.6) is 11.5 Å². The van der Waals surface area contributed by atoms with E-state index in [0.29, 0.717) is 5.56 Å². The van der Waals surface area contributed by atoms with Crippen LogP contribution >= 0.6 is 15.9 Å². The molecular weight excluding hydrogens is 372 g/mol. The number of non-ortho nitro benzene ring substituents is 1. The topological polar surface area (TPSA) is 134 Å². The van der Waals surface area contributed by atoms with E-state index in [9.17, 15) is 20.2 Å². The maximum atomic E-state index is 11.1. The van der Waals surface area contributed by atoms with Gasteiger partial charge in [0.25, 0.3) is 5.69 Å². The lowest BCUT2D eigenvalue weighted by molar-refractivity contribution is -0.394. The molecule has 0 aliphatic rings. The zero-order valence-corrected chi connectivity index (χ0v) is 13.0. The first-order valence-corrected chi connectivity index (χ1v) is 6.85. The summed E-state index contributed by atoms with van der Waals surface area (Å²) in [6.07, 6.45) is 1.32. The van der Waals surface area contributed by atoms with Gasteiger partial charge in [0.15, 0.2) is 0 Å². The summed E-state index contributed by atoms with van der Waals surface area (Å²) >= 11 is 3.27. The first kappa shape index (κ1) is 16.4. The number of nitro benzene ring substituents is 2. The normalized spacial score (nSPS) is 10.7. The molecule has 2 aromatic rings. The van der Waals surface area contributed by atoms with Gasteiger partial charge < -0.3 is 10.6 Å². The Morgan fingerprint density at radius 3 is 2.39 bits per heavy atom. The van der Waals surface area contributed by atoms with Crippen LogP contribution in [0.15, 0.2) is 46.0 Å². The summed E-state index contributed by atoms with van der Waals surface area (Å²) < 4.78 is 6.25. The minimum atomic E-state index is -0.752. The van der Waals surface area contributed by atoms with E-state index in [1.54, 1.807) is 18.2 Å². The second-order valence-corrected chi connectivity index (χ2v) is 5.14. The average molecular weight is 381 g/mol. The molecule has 0 heterocycles. The molecule has 10 heteroatoms. The third-order valence-electron chi connectivity index (χ3n) is 2.76. The fourth-order valence-electron chi connectivity index (χ4n) is 1.76. The molecule has 0 atom stereocenters. The summed E-state index contributed by atoms with van der Waals surface area (Å²) in [5.74, 6) is 5.25. The number of halogens is 1. The van der Waals surface area contributed by atoms with Crippen molar-refractivity contribution < 1.29 is 14.6 Å². The molecule has 0 bridgehead atoms. The molecule has 0 saturated carbocycles. The van der Waals surface area contributed by atoms with Gasteiger partial charge in [0.1, 0.15) is 5.75 Å². The van der Waals surface area contributed by atoms with Crippen molar-refractivity contribution >= 4 is 33.5 Å². The highest BCUT2D eigenvalue weighted by Crippen LogP contribution is 2.35. The average Bonchev–Trinajstić information content (AvgIpc) is 2.50. The summed E-state index contributed by atoms with van der Waals surface area (Å²) in [5.41, 5.74) is -0.434. The Balaban J connectivity index is 2.48. The molecule has 0 unspecified atom stereocenters. The maximum absolute atomic E-state index is 11.1. The van der Waals surface area contributed by atoms with Crippen LogP contribution in [-0.2, 0) is 0 Å². The SMILES string of the molecule is NN=Cc1cc(Br)ccc1Oc1ccc([N+](=O)[O-])cc1[N+](=O)[O-]. The molecule has 0 aliphatic carbocycles. The van der Waals surface area contributed by atoms with Crippen LogP contribution in [0.25, 0.3) is 0 Å². The lowest BCUT2D eigenvalue weighted by Crippen LogP contribution is -1.98. The van der Waals surface area contributed by atoms with Crippen molar-refractivity contribution in [2.24, 2.45) is 10.9 Å². The van der Waals surface area contributed by atoms with E-state index in [1.807, 2.05) is 0 Å². The fourth-order valence-corrected chi connectivity index (χ4v) is 2.14. The second kappa shape index (κ2) is 6.83. The Morgan fingerprint density at radius 2 is 1.78 bits per heavy atom. The van der Waals surface area contributed by atoms with Crippen LogP contribution in [0.3, 0.4) is 0 Å². The summed E-state index contributed by atoms with van der Waals surface area (Å²) in [7, 11) is 0. The van der Waals surface area contributed by atoms with Crippen molar-refractivity contribution in [3.8, 4) is 11.5 Å². The molecule has 118 valence electrons. The van der Waals surface area contributed by atoms with Crippen LogP contribution in [0.4, 0.5) is 11.4 Å². The van der Waals surface area contributed by atoms with E-state index >= 15 is 0 Å². The molecule has 0 spiro atoms. The van der Waals surface area contributed by atoms with Crippen molar-refractivity contribution in [1.29, 1.82) is 0 Å². The molecule has 0 saturated heterocycles. The minimum Gasteiger partial charge on any atom is -0.449 e. The summed E-state index contributed by atoms with van der Waals surface area (Å²) in [6.45, 7) is 0. The van der Waals surface area contributed by atoms with Gasteiger partial charge in [0.05, 0.1) is 22.1 Å². The van der Waals surface area contributed by atoms with Crippen LogP contribution < -0.4 is 10.6 Å². The van der Waals surface area contributed by atoms with Gasteiger partial charge in [-0.2, -0.15) is 5.10 Å². The van der Waals surface area contributed by atoms with E-state index in [2.05, 4.69) is 21.0 Å². The lowest BCUT2D eigenvalue weighted by atomic mass is 10.2. The number of nitro groups is 2. The first-order chi connectivity index (χ1) is 10.9. The Labute approximate surface area is 137 Å². The standard InChI is InChI=1S/C13H9BrN4O5/c14-9-1-3-12(8(5-9)7-16-15)23-13-4-2-10(17(19)20)6-11(13)18(21)22/h1-7H,15H2. The van der Waals surface area contributed by atoms with Crippen molar-refractivity contribution in [1.82, 2.24) is 0 Å². The quantitative estimate of drug-likeness (QED) is 0.365. The third kappa shape index (κ3) is 3.80. The fraction of sp³-hybridized carbons (Fsp3) is 0. The van der Waals surface area contributed by atoms with Gasteiger partial charge in [0.2, 0.25) is 5.75 Å². The first-order valence-electron chi connectivity index (χ1n) is 6.06. The summed E-state index contributed by atoms with van der Waals surface area (Å²) in [6, 6.07) is 8.01. The number of hydrazone groups is 1. The molecule has 0 amide bonds. The lowest BCUT2D eigenvalue weighted by Gasteiger charge is -2.09. The van der Waals surface area contributed by atoms with E-state index in [0.717, 1.165) is 16.6 Å². The predicted molar refractivity (Wildman–Crippen MR) is 85.7 cm³/mol. The highest BCUT2D eigenvalue weighted by Gasteiger charge is 2.21. The van der Waals surface area contributed by atoms with Crippen molar-refractivity contribution in [2.75, 3.05) is 0 Å². The molecule has 0 radical (unpaired) electrons. The van der Waals surface area contributed by atoms with Gasteiger partial charge in [-0.15, -0.1) is 0 Å². The van der Waals surface area contributed by atoms with Gasteiger partial charge in [-0.1, -0.05) is 15.9 Å². The monoisotopic (exact) mass is 380 g/mol. The molecule has 23 heavy (non-hydrogen) atoms. The Kier molecular flexibility index (Phi) is 4.86. The molecule has 2 rings (SSSR count). The zero-order valence-electron chi connectivity index (χ0n) is 11.4. The van der Waals surface area contributed by atoms with Crippen molar-refractivity contribution in [3.05, 3.63) is 66.7 Å². The molecule has 0 aliphatic heterocycles. The minimum absolute atomic E-state index is 0.130. The number of nitrogens with zero attached hydrogens (tertiary/aromatic N) is 3. The van der Waals surface area contributed by atoms with Gasteiger partial charge in [0, 0.05) is 16.1 Å². The van der Waals surface area contributed by atoms with Gasteiger partial charge in [-0.05, 0) is 24.3 Å². The Morgan fingerprint density at radius 1 is 1.09 bits per heavy atom. The number of rotatable bonds is 5. The Hall–Kier alpha value is -3.01.